The lowest BCUT2D eigenvalue weighted by atomic mass is 9.90. The van der Waals surface area contributed by atoms with Gasteiger partial charge in [0, 0.05) is 0 Å². The average Bonchev–Trinajstić information content (AvgIpc) is 2.68. The fourth-order valence-electron chi connectivity index (χ4n) is 3.68. The number of nitrogens with one attached hydrogen (secondary N) is 1. The Morgan fingerprint density at radius 1 is 1.00 bits per heavy atom. The number of piperidine rings is 1. The van der Waals surface area contributed by atoms with Crippen molar-refractivity contribution in [1.29, 1.82) is 0 Å². The van der Waals surface area contributed by atoms with Crippen LogP contribution in [-0.4, -0.2) is 30.4 Å². The van der Waals surface area contributed by atoms with Gasteiger partial charge in [0.25, 0.3) is 0 Å². The number of halogens is 3. The minimum absolute atomic E-state index is 0.123. The maximum Gasteiger partial charge on any atom is 0.418 e. The first-order valence-electron chi connectivity index (χ1n) is 9.64. The molecule has 1 saturated heterocycles. The van der Waals surface area contributed by atoms with Crippen molar-refractivity contribution in [3.05, 3.63) is 65.7 Å². The maximum atomic E-state index is 13.0. The SMILES string of the molecule is O=C(CN1CCC(CCc2ccccc2)CC1)Nc1ccccc1C(F)(F)F. The van der Waals surface area contributed by atoms with Gasteiger partial charge in [-0.15, -0.1) is 0 Å². The van der Waals surface area contributed by atoms with Gasteiger partial charge in [-0.25, -0.2) is 0 Å². The second kappa shape index (κ2) is 9.24. The van der Waals surface area contributed by atoms with E-state index < -0.39 is 17.6 Å². The molecule has 0 radical (unpaired) electrons. The molecule has 2 aromatic carbocycles. The minimum Gasteiger partial charge on any atom is -0.324 e. The molecule has 0 aliphatic carbocycles. The van der Waals surface area contributed by atoms with Crippen molar-refractivity contribution >= 4 is 11.6 Å². The number of aryl methyl sites for hydroxylation is 1. The highest BCUT2D eigenvalue weighted by molar-refractivity contribution is 5.93. The number of alkyl halides is 3. The lowest BCUT2D eigenvalue weighted by Crippen LogP contribution is -2.39. The summed E-state index contributed by atoms with van der Waals surface area (Å²) in [5, 5.41) is 2.42. The molecule has 0 spiro atoms. The second-order valence-corrected chi connectivity index (χ2v) is 7.34. The van der Waals surface area contributed by atoms with Crippen molar-refractivity contribution in [3.8, 4) is 0 Å². The Morgan fingerprint density at radius 2 is 1.64 bits per heavy atom. The number of carbonyl (C=O) groups is 1. The zero-order chi connectivity index (χ0) is 20.0. The van der Waals surface area contributed by atoms with Crippen LogP contribution >= 0.6 is 0 Å². The third kappa shape index (κ3) is 5.83. The summed E-state index contributed by atoms with van der Waals surface area (Å²) < 4.78 is 39.1. The van der Waals surface area contributed by atoms with Gasteiger partial charge in [0.05, 0.1) is 17.8 Å². The highest BCUT2D eigenvalue weighted by Gasteiger charge is 2.33. The van der Waals surface area contributed by atoms with Crippen LogP contribution in [0.1, 0.15) is 30.4 Å². The standard InChI is InChI=1S/C22H25F3N2O/c23-22(24,25)19-8-4-5-9-20(19)26-21(28)16-27-14-12-18(13-15-27)11-10-17-6-2-1-3-7-17/h1-9,18H,10-16H2,(H,26,28). The molecule has 0 atom stereocenters. The fourth-order valence-corrected chi connectivity index (χ4v) is 3.68. The van der Waals surface area contributed by atoms with Gasteiger partial charge in [0.15, 0.2) is 0 Å². The van der Waals surface area contributed by atoms with Gasteiger partial charge in [0.1, 0.15) is 0 Å². The molecule has 2 aromatic rings. The molecule has 3 nitrogen and oxygen atoms in total. The molecular weight excluding hydrogens is 365 g/mol. The number of carbonyl (C=O) groups excluding carboxylic acids is 1. The van der Waals surface area contributed by atoms with E-state index in [1.54, 1.807) is 0 Å². The summed E-state index contributed by atoms with van der Waals surface area (Å²) in [6, 6.07) is 15.5. The van der Waals surface area contributed by atoms with Crippen LogP contribution in [0.4, 0.5) is 18.9 Å². The predicted octanol–water partition coefficient (Wildman–Crippen LogP) is 4.99. The zero-order valence-corrected chi connectivity index (χ0v) is 15.7. The Kier molecular flexibility index (Phi) is 6.73. The lowest BCUT2D eigenvalue weighted by Gasteiger charge is -2.31. The Bertz CT molecular complexity index is 769. The van der Waals surface area contributed by atoms with Crippen LogP contribution in [0.3, 0.4) is 0 Å². The first-order valence-corrected chi connectivity index (χ1v) is 9.64. The largest absolute Gasteiger partial charge is 0.418 e. The molecule has 0 unspecified atom stereocenters. The first-order chi connectivity index (χ1) is 13.4. The van der Waals surface area contributed by atoms with Crippen molar-refractivity contribution < 1.29 is 18.0 Å². The van der Waals surface area contributed by atoms with Crippen LogP contribution in [0.25, 0.3) is 0 Å². The number of rotatable bonds is 6. The first kappa shape index (κ1) is 20.4. The molecule has 28 heavy (non-hydrogen) atoms. The van der Waals surface area contributed by atoms with Crippen LogP contribution in [0.2, 0.25) is 0 Å². The molecule has 0 bridgehead atoms. The molecule has 1 N–H and O–H groups in total. The molecule has 0 saturated carbocycles. The summed E-state index contributed by atoms with van der Waals surface area (Å²) >= 11 is 0. The number of benzene rings is 2. The second-order valence-electron chi connectivity index (χ2n) is 7.34. The van der Waals surface area contributed by atoms with E-state index in [0.29, 0.717) is 5.92 Å². The van der Waals surface area contributed by atoms with E-state index in [0.717, 1.165) is 44.8 Å². The third-order valence-corrected chi connectivity index (χ3v) is 5.27. The summed E-state index contributed by atoms with van der Waals surface area (Å²) in [7, 11) is 0. The van der Waals surface area contributed by atoms with E-state index in [-0.39, 0.29) is 12.2 Å². The molecule has 150 valence electrons. The highest BCUT2D eigenvalue weighted by Crippen LogP contribution is 2.34. The quantitative estimate of drug-likeness (QED) is 0.754. The van der Waals surface area contributed by atoms with Crippen molar-refractivity contribution in [2.24, 2.45) is 5.92 Å². The summed E-state index contributed by atoms with van der Waals surface area (Å²) in [5.41, 5.74) is 0.341. The monoisotopic (exact) mass is 390 g/mol. The van der Waals surface area contributed by atoms with Crippen LogP contribution < -0.4 is 5.32 Å². The number of hydrogen-bond donors (Lipinski definition) is 1. The molecular formula is C22H25F3N2O. The van der Waals surface area contributed by atoms with E-state index in [9.17, 15) is 18.0 Å². The number of para-hydroxylation sites is 1. The molecule has 1 fully saturated rings. The number of hydrogen-bond acceptors (Lipinski definition) is 2. The Hall–Kier alpha value is -2.34. The van der Waals surface area contributed by atoms with Gasteiger partial charge in [0.2, 0.25) is 5.91 Å². The fraction of sp³-hybridized carbons (Fsp3) is 0.409. The molecule has 3 rings (SSSR count). The minimum atomic E-state index is -4.49. The topological polar surface area (TPSA) is 32.3 Å². The average molecular weight is 390 g/mol. The summed E-state index contributed by atoms with van der Waals surface area (Å²) in [4.78, 5) is 14.3. The van der Waals surface area contributed by atoms with Crippen LogP contribution in [0.15, 0.2) is 54.6 Å². The molecule has 1 amide bonds. The van der Waals surface area contributed by atoms with Gasteiger partial charge >= 0.3 is 6.18 Å². The molecule has 1 aliphatic heterocycles. The smallest absolute Gasteiger partial charge is 0.324 e. The van der Waals surface area contributed by atoms with Crippen LogP contribution in [-0.2, 0) is 17.4 Å². The van der Waals surface area contributed by atoms with Gasteiger partial charge < -0.3 is 5.32 Å². The van der Waals surface area contributed by atoms with E-state index in [1.807, 2.05) is 23.1 Å². The Labute approximate surface area is 163 Å². The number of amides is 1. The van der Waals surface area contributed by atoms with Crippen molar-refractivity contribution in [3.63, 3.8) is 0 Å². The van der Waals surface area contributed by atoms with Crippen molar-refractivity contribution in [2.75, 3.05) is 25.0 Å². The van der Waals surface area contributed by atoms with E-state index >= 15 is 0 Å². The Morgan fingerprint density at radius 3 is 2.32 bits per heavy atom. The maximum absolute atomic E-state index is 13.0. The lowest BCUT2D eigenvalue weighted by molar-refractivity contribution is -0.137. The van der Waals surface area contributed by atoms with Gasteiger partial charge in [-0.3, -0.25) is 9.69 Å². The van der Waals surface area contributed by atoms with E-state index in [2.05, 4.69) is 17.4 Å². The normalized spacial score (nSPS) is 16.1. The van der Waals surface area contributed by atoms with E-state index in [1.165, 1.54) is 23.8 Å². The number of likely N-dealkylation sites (tertiary alicyclic amines) is 1. The van der Waals surface area contributed by atoms with Gasteiger partial charge in [-0.1, -0.05) is 42.5 Å². The van der Waals surface area contributed by atoms with Gasteiger partial charge in [-0.05, 0) is 62.4 Å². The molecule has 0 aromatic heterocycles. The highest BCUT2D eigenvalue weighted by atomic mass is 19.4. The number of anilines is 1. The van der Waals surface area contributed by atoms with Crippen molar-refractivity contribution in [1.82, 2.24) is 4.90 Å². The molecule has 1 heterocycles. The summed E-state index contributed by atoms with van der Waals surface area (Å²) in [6.07, 6.45) is -0.275. The van der Waals surface area contributed by atoms with Crippen molar-refractivity contribution in [2.45, 2.75) is 31.9 Å². The summed E-state index contributed by atoms with van der Waals surface area (Å²) in [5.74, 6) is 0.227. The Balaban J connectivity index is 1.44. The molecule has 1 aliphatic rings. The van der Waals surface area contributed by atoms with E-state index in [4.69, 9.17) is 0 Å². The zero-order valence-electron chi connectivity index (χ0n) is 15.7. The third-order valence-electron chi connectivity index (χ3n) is 5.27. The van der Waals surface area contributed by atoms with Gasteiger partial charge in [-0.2, -0.15) is 13.2 Å². The summed E-state index contributed by atoms with van der Waals surface area (Å²) in [6.45, 7) is 1.72. The molecule has 6 heteroatoms. The van der Waals surface area contributed by atoms with Crippen LogP contribution in [0.5, 0.6) is 0 Å². The predicted molar refractivity (Wildman–Crippen MR) is 104 cm³/mol. The number of nitrogens with zero attached hydrogens (tertiary/aromatic N) is 1. The van der Waals surface area contributed by atoms with Crippen LogP contribution in [0, 0.1) is 5.92 Å².